The summed E-state index contributed by atoms with van der Waals surface area (Å²) in [6.45, 7) is 8.57. The Labute approximate surface area is 155 Å². The van der Waals surface area contributed by atoms with E-state index in [2.05, 4.69) is 63.2 Å². The molecular weight excluding hydrogens is 326 g/mol. The maximum atomic E-state index is 12.1. The van der Waals surface area contributed by atoms with Crippen molar-refractivity contribution in [2.24, 2.45) is 5.92 Å². The first-order valence-corrected chi connectivity index (χ1v) is 9.28. The Bertz CT molecular complexity index is 694. The number of hydrogen-bond acceptors (Lipinski definition) is 5. The van der Waals surface area contributed by atoms with Gasteiger partial charge in [-0.15, -0.1) is 0 Å². The number of para-hydroxylation sites is 1. The van der Waals surface area contributed by atoms with Gasteiger partial charge in [0, 0.05) is 50.8 Å². The van der Waals surface area contributed by atoms with Crippen molar-refractivity contribution in [1.29, 1.82) is 0 Å². The number of rotatable bonds is 6. The van der Waals surface area contributed by atoms with Crippen molar-refractivity contribution in [2.75, 3.05) is 42.5 Å². The predicted molar refractivity (Wildman–Crippen MR) is 105 cm³/mol. The molecule has 0 bridgehead atoms. The number of carbonyl (C=O) groups excluding carboxylic acids is 1. The van der Waals surface area contributed by atoms with Gasteiger partial charge in [-0.1, -0.05) is 32.0 Å². The lowest BCUT2D eigenvalue weighted by Crippen LogP contribution is -2.47. The molecule has 0 unspecified atom stereocenters. The van der Waals surface area contributed by atoms with E-state index in [1.54, 1.807) is 12.4 Å². The summed E-state index contributed by atoms with van der Waals surface area (Å²) in [5.74, 6) is 1.16. The molecule has 1 fully saturated rings. The maximum absolute atomic E-state index is 12.1. The second kappa shape index (κ2) is 8.65. The lowest BCUT2D eigenvalue weighted by Gasteiger charge is -2.36. The summed E-state index contributed by atoms with van der Waals surface area (Å²) in [5, 5.41) is 2.91. The minimum Gasteiger partial charge on any atom is -0.368 e. The maximum Gasteiger partial charge on any atom is 0.254 e. The van der Waals surface area contributed by atoms with Crippen LogP contribution in [0.4, 0.5) is 11.6 Å². The molecule has 6 heteroatoms. The molecule has 1 amide bonds. The van der Waals surface area contributed by atoms with E-state index in [9.17, 15) is 4.79 Å². The number of carbonyl (C=O) groups is 1. The highest BCUT2D eigenvalue weighted by Crippen LogP contribution is 2.17. The van der Waals surface area contributed by atoms with Gasteiger partial charge in [0.15, 0.2) is 0 Å². The number of amides is 1. The standard InChI is InChI=1S/C20H27N5O/c1-16(2)8-9-21-19(26)17-14-22-20(23-15-17)25-12-10-24(11-13-25)18-6-4-3-5-7-18/h3-7,14-16H,8-13H2,1-2H3,(H,21,26). The second-order valence-corrected chi connectivity index (χ2v) is 7.02. The molecule has 0 saturated carbocycles. The molecule has 0 atom stereocenters. The van der Waals surface area contributed by atoms with Crippen LogP contribution in [-0.4, -0.2) is 48.6 Å². The lowest BCUT2D eigenvalue weighted by atomic mass is 10.1. The van der Waals surface area contributed by atoms with Gasteiger partial charge in [-0.05, 0) is 24.5 Å². The first-order chi connectivity index (χ1) is 12.6. The fourth-order valence-corrected chi connectivity index (χ4v) is 2.98. The van der Waals surface area contributed by atoms with Gasteiger partial charge in [-0.3, -0.25) is 4.79 Å². The largest absolute Gasteiger partial charge is 0.368 e. The number of nitrogens with zero attached hydrogens (tertiary/aromatic N) is 4. The van der Waals surface area contributed by atoms with Crippen LogP contribution in [0.2, 0.25) is 0 Å². The minimum atomic E-state index is -0.105. The highest BCUT2D eigenvalue weighted by atomic mass is 16.1. The molecule has 0 spiro atoms. The summed E-state index contributed by atoms with van der Waals surface area (Å²) in [6, 6.07) is 10.4. The van der Waals surface area contributed by atoms with E-state index in [0.29, 0.717) is 24.0 Å². The van der Waals surface area contributed by atoms with Crippen LogP contribution in [0, 0.1) is 5.92 Å². The van der Waals surface area contributed by atoms with E-state index >= 15 is 0 Å². The normalized spacial score (nSPS) is 14.6. The van der Waals surface area contributed by atoms with Crippen molar-refractivity contribution in [1.82, 2.24) is 15.3 Å². The highest BCUT2D eigenvalue weighted by Gasteiger charge is 2.19. The number of nitrogens with one attached hydrogen (secondary N) is 1. The zero-order valence-corrected chi connectivity index (χ0v) is 15.6. The highest BCUT2D eigenvalue weighted by molar-refractivity contribution is 5.93. The molecule has 1 aromatic heterocycles. The molecular formula is C20H27N5O. The molecule has 1 N–H and O–H groups in total. The molecule has 2 heterocycles. The Kier molecular flexibility index (Phi) is 6.04. The molecule has 1 aliphatic heterocycles. The molecule has 0 aliphatic carbocycles. The molecule has 1 saturated heterocycles. The summed E-state index contributed by atoms with van der Waals surface area (Å²) in [5.41, 5.74) is 1.77. The summed E-state index contributed by atoms with van der Waals surface area (Å²) < 4.78 is 0. The molecule has 1 aliphatic rings. The third-order valence-corrected chi connectivity index (χ3v) is 4.59. The van der Waals surface area contributed by atoms with Gasteiger partial charge in [0.1, 0.15) is 0 Å². The Hall–Kier alpha value is -2.63. The predicted octanol–water partition coefficient (Wildman–Crippen LogP) is 2.58. The van der Waals surface area contributed by atoms with Crippen molar-refractivity contribution in [2.45, 2.75) is 20.3 Å². The Balaban J connectivity index is 1.52. The Morgan fingerprint density at radius 1 is 1.04 bits per heavy atom. The zero-order valence-electron chi connectivity index (χ0n) is 15.6. The summed E-state index contributed by atoms with van der Waals surface area (Å²) in [6.07, 6.45) is 4.21. The van der Waals surface area contributed by atoms with Crippen molar-refractivity contribution >= 4 is 17.5 Å². The van der Waals surface area contributed by atoms with Gasteiger partial charge in [-0.25, -0.2) is 9.97 Å². The third kappa shape index (κ3) is 4.71. The summed E-state index contributed by atoms with van der Waals surface area (Å²) in [4.78, 5) is 25.4. The fraction of sp³-hybridized carbons (Fsp3) is 0.450. The summed E-state index contributed by atoms with van der Waals surface area (Å²) >= 11 is 0. The third-order valence-electron chi connectivity index (χ3n) is 4.59. The molecule has 2 aromatic rings. The van der Waals surface area contributed by atoms with Gasteiger partial charge in [0.25, 0.3) is 5.91 Å². The SMILES string of the molecule is CC(C)CCNC(=O)c1cnc(N2CCN(c3ccccc3)CC2)nc1. The van der Waals surface area contributed by atoms with Gasteiger partial charge >= 0.3 is 0 Å². The molecule has 0 radical (unpaired) electrons. The second-order valence-electron chi connectivity index (χ2n) is 7.02. The molecule has 1 aromatic carbocycles. The first-order valence-electron chi connectivity index (χ1n) is 9.28. The quantitative estimate of drug-likeness (QED) is 0.865. The van der Waals surface area contributed by atoms with Gasteiger partial charge in [0.2, 0.25) is 5.95 Å². The van der Waals surface area contributed by atoms with Crippen LogP contribution in [-0.2, 0) is 0 Å². The van der Waals surface area contributed by atoms with E-state index in [1.165, 1.54) is 5.69 Å². The van der Waals surface area contributed by atoms with Crippen LogP contribution >= 0.6 is 0 Å². The van der Waals surface area contributed by atoms with Gasteiger partial charge < -0.3 is 15.1 Å². The van der Waals surface area contributed by atoms with Crippen LogP contribution in [0.1, 0.15) is 30.6 Å². The summed E-state index contributed by atoms with van der Waals surface area (Å²) in [7, 11) is 0. The first kappa shape index (κ1) is 18.2. The van der Waals surface area contributed by atoms with Crippen molar-refractivity contribution < 1.29 is 4.79 Å². The Morgan fingerprint density at radius 2 is 1.65 bits per heavy atom. The van der Waals surface area contributed by atoms with Crippen molar-refractivity contribution in [3.05, 3.63) is 48.3 Å². The lowest BCUT2D eigenvalue weighted by molar-refractivity contribution is 0.0951. The molecule has 138 valence electrons. The van der Waals surface area contributed by atoms with E-state index in [-0.39, 0.29) is 5.91 Å². The van der Waals surface area contributed by atoms with Gasteiger partial charge in [-0.2, -0.15) is 0 Å². The van der Waals surface area contributed by atoms with E-state index in [0.717, 1.165) is 32.6 Å². The number of aromatic nitrogens is 2. The number of piperazine rings is 1. The van der Waals surface area contributed by atoms with E-state index < -0.39 is 0 Å². The van der Waals surface area contributed by atoms with Crippen molar-refractivity contribution in [3.63, 3.8) is 0 Å². The topological polar surface area (TPSA) is 61.4 Å². The Morgan fingerprint density at radius 3 is 2.27 bits per heavy atom. The molecule has 3 rings (SSSR count). The van der Waals surface area contributed by atoms with Crippen molar-refractivity contribution in [3.8, 4) is 0 Å². The average Bonchev–Trinajstić information content (AvgIpc) is 2.68. The van der Waals surface area contributed by atoms with Crippen LogP contribution in [0.3, 0.4) is 0 Å². The average molecular weight is 353 g/mol. The monoisotopic (exact) mass is 353 g/mol. The fourth-order valence-electron chi connectivity index (χ4n) is 2.98. The smallest absolute Gasteiger partial charge is 0.254 e. The number of anilines is 2. The van der Waals surface area contributed by atoms with E-state index in [4.69, 9.17) is 0 Å². The molecule has 6 nitrogen and oxygen atoms in total. The molecule has 26 heavy (non-hydrogen) atoms. The minimum absolute atomic E-state index is 0.105. The van der Waals surface area contributed by atoms with Gasteiger partial charge in [0.05, 0.1) is 5.56 Å². The van der Waals surface area contributed by atoms with E-state index in [1.807, 2.05) is 6.07 Å². The van der Waals surface area contributed by atoms with Crippen LogP contribution in [0.25, 0.3) is 0 Å². The van der Waals surface area contributed by atoms with Crippen LogP contribution in [0.5, 0.6) is 0 Å². The number of benzene rings is 1. The number of hydrogen-bond donors (Lipinski definition) is 1. The zero-order chi connectivity index (χ0) is 18.4. The van der Waals surface area contributed by atoms with Crippen LogP contribution < -0.4 is 15.1 Å². The van der Waals surface area contributed by atoms with Crippen LogP contribution in [0.15, 0.2) is 42.7 Å².